The molecule has 0 aliphatic heterocycles. The molecule has 6 heteroatoms. The molecule has 102 valence electrons. The van der Waals surface area contributed by atoms with Crippen LogP contribution in [-0.2, 0) is 0 Å². The van der Waals surface area contributed by atoms with Crippen molar-refractivity contribution in [3.05, 3.63) is 54.1 Å². The summed E-state index contributed by atoms with van der Waals surface area (Å²) in [5, 5.41) is 0.507. The second-order valence-corrected chi connectivity index (χ2v) is 4.81. The van der Waals surface area contributed by atoms with Crippen molar-refractivity contribution >= 4 is 22.8 Å². The van der Waals surface area contributed by atoms with Crippen molar-refractivity contribution in [1.82, 2.24) is 15.0 Å². The van der Waals surface area contributed by atoms with Crippen molar-refractivity contribution in [2.45, 2.75) is 0 Å². The second-order valence-electron chi connectivity index (χ2n) is 4.37. The third-order valence-corrected chi connectivity index (χ3v) is 3.20. The Morgan fingerprint density at radius 1 is 0.905 bits per heavy atom. The van der Waals surface area contributed by atoms with E-state index in [0.29, 0.717) is 39.1 Å². The van der Waals surface area contributed by atoms with Crippen molar-refractivity contribution < 1.29 is 8.83 Å². The quantitative estimate of drug-likeness (QED) is 0.555. The third-order valence-electron chi connectivity index (χ3n) is 3.00. The number of fused-ring (bicyclic) bond motifs is 1. The Kier molecular flexibility index (Phi) is 2.72. The normalized spacial score (nSPS) is 11.1. The van der Waals surface area contributed by atoms with E-state index in [0.717, 1.165) is 0 Å². The monoisotopic (exact) mass is 297 g/mol. The molecule has 0 spiro atoms. The Morgan fingerprint density at radius 3 is 2.19 bits per heavy atom. The number of hydrogen-bond acceptors (Lipinski definition) is 5. The van der Waals surface area contributed by atoms with Crippen LogP contribution in [-0.4, -0.2) is 15.0 Å². The summed E-state index contributed by atoms with van der Waals surface area (Å²) in [7, 11) is 0. The zero-order chi connectivity index (χ0) is 14.2. The Labute approximate surface area is 124 Å². The molecule has 5 nitrogen and oxygen atoms in total. The minimum absolute atomic E-state index is 0.501. The van der Waals surface area contributed by atoms with E-state index in [1.165, 1.54) is 6.20 Å². The lowest BCUT2D eigenvalue weighted by Crippen LogP contribution is -1.95. The van der Waals surface area contributed by atoms with E-state index >= 15 is 0 Å². The van der Waals surface area contributed by atoms with Gasteiger partial charge in [0.25, 0.3) is 0 Å². The average Bonchev–Trinajstić information content (AvgIpc) is 3.19. The van der Waals surface area contributed by atoms with Crippen molar-refractivity contribution in [2.75, 3.05) is 0 Å². The summed E-state index contributed by atoms with van der Waals surface area (Å²) in [5.74, 6) is 1.21. The van der Waals surface area contributed by atoms with Gasteiger partial charge < -0.3 is 8.83 Å². The van der Waals surface area contributed by atoms with Crippen LogP contribution in [0.4, 0.5) is 0 Å². The van der Waals surface area contributed by atoms with Gasteiger partial charge in [0.05, 0.1) is 17.5 Å². The SMILES string of the molecule is Clc1cnc2nc(-c3ccco3)c(-c3ccco3)nc2c1. The summed E-state index contributed by atoms with van der Waals surface area (Å²) in [6.45, 7) is 0. The highest BCUT2D eigenvalue weighted by Crippen LogP contribution is 2.31. The maximum absolute atomic E-state index is 5.96. The van der Waals surface area contributed by atoms with Gasteiger partial charge in [-0.15, -0.1) is 0 Å². The largest absolute Gasteiger partial charge is 0.463 e. The van der Waals surface area contributed by atoms with Gasteiger partial charge in [0.15, 0.2) is 17.2 Å². The molecule has 0 fully saturated rings. The Morgan fingerprint density at radius 2 is 1.57 bits per heavy atom. The van der Waals surface area contributed by atoms with Gasteiger partial charge in [0.2, 0.25) is 0 Å². The molecule has 0 N–H and O–H groups in total. The van der Waals surface area contributed by atoms with E-state index in [1.807, 2.05) is 12.1 Å². The van der Waals surface area contributed by atoms with Gasteiger partial charge in [0.1, 0.15) is 16.9 Å². The molecule has 4 rings (SSSR count). The van der Waals surface area contributed by atoms with Gasteiger partial charge in [-0.05, 0) is 30.3 Å². The molecule has 0 saturated heterocycles. The molecule has 21 heavy (non-hydrogen) atoms. The summed E-state index contributed by atoms with van der Waals surface area (Å²) < 4.78 is 10.9. The molecule has 0 amide bonds. The van der Waals surface area contributed by atoms with Gasteiger partial charge in [-0.25, -0.2) is 15.0 Å². The molecule has 0 radical (unpaired) electrons. The van der Waals surface area contributed by atoms with Crippen molar-refractivity contribution in [2.24, 2.45) is 0 Å². The maximum Gasteiger partial charge on any atom is 0.179 e. The Bertz CT molecular complexity index is 902. The van der Waals surface area contributed by atoms with Gasteiger partial charge >= 0.3 is 0 Å². The number of rotatable bonds is 2. The molecule has 0 unspecified atom stereocenters. The first-order valence-electron chi connectivity index (χ1n) is 6.22. The molecule has 4 aromatic heterocycles. The van der Waals surface area contributed by atoms with Crippen LogP contribution in [0.3, 0.4) is 0 Å². The molecular formula is C15H8ClN3O2. The number of nitrogens with zero attached hydrogens (tertiary/aromatic N) is 3. The van der Waals surface area contributed by atoms with Gasteiger partial charge in [-0.1, -0.05) is 11.6 Å². The second kappa shape index (κ2) is 4.71. The lowest BCUT2D eigenvalue weighted by molar-refractivity contribution is 0.572. The summed E-state index contributed by atoms with van der Waals surface area (Å²) in [4.78, 5) is 13.3. The summed E-state index contributed by atoms with van der Waals surface area (Å²) >= 11 is 5.96. The van der Waals surface area contributed by atoms with Gasteiger partial charge in [0, 0.05) is 6.20 Å². The first-order chi connectivity index (χ1) is 10.3. The number of pyridine rings is 1. The Hall–Kier alpha value is -2.66. The van der Waals surface area contributed by atoms with Crippen LogP contribution in [0, 0.1) is 0 Å². The maximum atomic E-state index is 5.96. The first-order valence-corrected chi connectivity index (χ1v) is 6.60. The lowest BCUT2D eigenvalue weighted by atomic mass is 10.2. The van der Waals surface area contributed by atoms with E-state index < -0.39 is 0 Å². The van der Waals surface area contributed by atoms with Crippen LogP contribution < -0.4 is 0 Å². The fraction of sp³-hybridized carbons (Fsp3) is 0. The summed E-state index contributed by atoms with van der Waals surface area (Å²) in [5.41, 5.74) is 2.27. The summed E-state index contributed by atoms with van der Waals surface area (Å²) in [6.07, 6.45) is 4.71. The Balaban J connectivity index is 2.05. The zero-order valence-corrected chi connectivity index (χ0v) is 11.4. The standard InChI is InChI=1S/C15H8ClN3O2/c16-9-7-10-15(17-8-9)19-14(12-4-2-6-21-12)13(18-10)11-3-1-5-20-11/h1-8H. The number of aromatic nitrogens is 3. The molecule has 0 bridgehead atoms. The topological polar surface area (TPSA) is 65.0 Å². The highest BCUT2D eigenvalue weighted by molar-refractivity contribution is 6.31. The molecule has 4 heterocycles. The molecule has 0 saturated carbocycles. The smallest absolute Gasteiger partial charge is 0.179 e. The minimum Gasteiger partial charge on any atom is -0.463 e. The summed E-state index contributed by atoms with van der Waals surface area (Å²) in [6, 6.07) is 8.94. The van der Waals surface area contributed by atoms with Crippen molar-refractivity contribution in [1.29, 1.82) is 0 Å². The molecule has 0 aromatic carbocycles. The van der Waals surface area contributed by atoms with E-state index in [4.69, 9.17) is 20.4 Å². The van der Waals surface area contributed by atoms with Crippen LogP contribution in [0.5, 0.6) is 0 Å². The minimum atomic E-state index is 0.501. The highest BCUT2D eigenvalue weighted by Gasteiger charge is 2.17. The number of hydrogen-bond donors (Lipinski definition) is 0. The molecule has 4 aromatic rings. The van der Waals surface area contributed by atoms with E-state index in [-0.39, 0.29) is 0 Å². The predicted octanol–water partition coefficient (Wildman–Crippen LogP) is 4.20. The number of furan rings is 2. The number of halogens is 1. The lowest BCUT2D eigenvalue weighted by Gasteiger charge is -2.05. The van der Waals surface area contributed by atoms with Crippen LogP contribution in [0.2, 0.25) is 5.02 Å². The fourth-order valence-corrected chi connectivity index (χ4v) is 2.24. The molecular weight excluding hydrogens is 290 g/mol. The first kappa shape index (κ1) is 12.1. The van der Waals surface area contributed by atoms with Gasteiger partial charge in [-0.2, -0.15) is 0 Å². The molecule has 0 atom stereocenters. The van der Waals surface area contributed by atoms with Crippen molar-refractivity contribution in [3.8, 4) is 22.9 Å². The highest BCUT2D eigenvalue weighted by atomic mass is 35.5. The molecule has 0 aliphatic rings. The van der Waals surface area contributed by atoms with E-state index in [2.05, 4.69) is 15.0 Å². The van der Waals surface area contributed by atoms with E-state index in [1.54, 1.807) is 30.7 Å². The third kappa shape index (κ3) is 2.08. The molecule has 0 aliphatic carbocycles. The van der Waals surface area contributed by atoms with Crippen molar-refractivity contribution in [3.63, 3.8) is 0 Å². The predicted molar refractivity (Wildman–Crippen MR) is 77.7 cm³/mol. The van der Waals surface area contributed by atoms with Gasteiger partial charge in [-0.3, -0.25) is 0 Å². The van der Waals surface area contributed by atoms with E-state index in [9.17, 15) is 0 Å². The zero-order valence-electron chi connectivity index (χ0n) is 10.7. The van der Waals surface area contributed by atoms with Crippen LogP contribution in [0.15, 0.2) is 57.9 Å². The van der Waals surface area contributed by atoms with Crippen LogP contribution in [0.1, 0.15) is 0 Å². The van der Waals surface area contributed by atoms with Crippen LogP contribution in [0.25, 0.3) is 34.1 Å². The van der Waals surface area contributed by atoms with Crippen LogP contribution >= 0.6 is 11.6 Å². The fourth-order valence-electron chi connectivity index (χ4n) is 2.09. The average molecular weight is 298 g/mol.